The molecule has 0 saturated carbocycles. The van der Waals surface area contributed by atoms with Crippen LogP contribution in [0.4, 0.5) is 39.5 Å². The Bertz CT molecular complexity index is 1020. The van der Waals surface area contributed by atoms with E-state index in [0.717, 1.165) is 11.0 Å². The lowest BCUT2D eigenvalue weighted by Gasteiger charge is -2.34. The number of sulfone groups is 3. The summed E-state index contributed by atoms with van der Waals surface area (Å²) in [5.41, 5.74) is -21.2. The van der Waals surface area contributed by atoms with Gasteiger partial charge in [0.25, 0.3) is 0 Å². The molecule has 0 rings (SSSR count). The fourth-order valence-electron chi connectivity index (χ4n) is 2.56. The molecule has 21 heteroatoms. The van der Waals surface area contributed by atoms with Crippen molar-refractivity contribution in [2.24, 2.45) is 0 Å². The maximum absolute atomic E-state index is 12.0. The van der Waals surface area contributed by atoms with Crippen LogP contribution in [0.2, 0.25) is 0 Å². The summed E-state index contributed by atoms with van der Waals surface area (Å²) in [6, 6.07) is 0. The number of quaternary nitrogens is 1. The maximum Gasteiger partial charge on any atom is 0.470 e. The third-order valence-corrected chi connectivity index (χ3v) is 11.8. The van der Waals surface area contributed by atoms with Gasteiger partial charge in [0.05, 0.1) is 24.1 Å². The molecule has 9 nitrogen and oxygen atoms in total. The monoisotopic (exact) mass is 653 g/mol. The Balaban J connectivity index is 0. The van der Waals surface area contributed by atoms with E-state index in [2.05, 4.69) is 27.5 Å². The molecule has 0 saturated heterocycles. The van der Waals surface area contributed by atoms with Crippen molar-refractivity contribution in [3.63, 3.8) is 0 Å². The van der Waals surface area contributed by atoms with Gasteiger partial charge in [0.15, 0.2) is 29.5 Å². The first-order chi connectivity index (χ1) is 17.2. The Morgan fingerprint density at radius 2 is 1.05 bits per heavy atom. The molecule has 0 aromatic heterocycles. The molecule has 0 aliphatic rings. The van der Waals surface area contributed by atoms with Crippen molar-refractivity contribution < 1.29 is 78.8 Å². The Morgan fingerprint density at radius 1 is 0.744 bits per heavy atom. The molecule has 234 valence electrons. The summed E-state index contributed by atoms with van der Waals surface area (Å²) in [5, 5.41) is 0. The van der Waals surface area contributed by atoms with E-state index >= 15 is 0 Å². The van der Waals surface area contributed by atoms with E-state index in [9.17, 15) is 69.6 Å². The van der Waals surface area contributed by atoms with Gasteiger partial charge in [-0.15, -0.1) is 0 Å². The van der Waals surface area contributed by atoms with Gasteiger partial charge >= 0.3 is 22.5 Å². The molecule has 0 aromatic rings. The van der Waals surface area contributed by atoms with E-state index in [-0.39, 0.29) is 5.97 Å². The van der Waals surface area contributed by atoms with Crippen molar-refractivity contribution in [1.29, 1.82) is 0 Å². The number of esters is 1. The number of hydrogen-bond acceptors (Lipinski definition) is 8. The first-order valence-electron chi connectivity index (χ1n) is 10.6. The number of ether oxygens (including phenoxy) is 1. The van der Waals surface area contributed by atoms with Gasteiger partial charge in [0.2, 0.25) is 0 Å². The van der Waals surface area contributed by atoms with Gasteiger partial charge in [-0.1, -0.05) is 33.3 Å². The molecule has 0 amide bonds. The van der Waals surface area contributed by atoms with Crippen molar-refractivity contribution in [3.8, 4) is 0 Å². The van der Waals surface area contributed by atoms with Gasteiger partial charge in [-0.3, -0.25) is 25.3 Å². The van der Waals surface area contributed by atoms with Gasteiger partial charge in [-0.05, 0) is 12.8 Å². The van der Waals surface area contributed by atoms with E-state index in [1.54, 1.807) is 0 Å². The van der Waals surface area contributed by atoms with Crippen LogP contribution in [-0.2, 0) is 39.0 Å². The van der Waals surface area contributed by atoms with Gasteiger partial charge in [0, 0.05) is 6.08 Å². The van der Waals surface area contributed by atoms with Crippen molar-refractivity contribution >= 4 is 35.5 Å². The zero-order valence-electron chi connectivity index (χ0n) is 20.8. The normalized spacial score (nSPS) is 14.0. The third-order valence-electron chi connectivity index (χ3n) is 4.72. The fraction of sp³-hybridized carbons (Fsp3) is 0.778. The second-order valence-electron chi connectivity index (χ2n) is 7.97. The minimum Gasteiger partial charge on any atom is -0.457 e. The van der Waals surface area contributed by atoms with Crippen LogP contribution in [0.1, 0.15) is 39.5 Å². The Labute approximate surface area is 220 Å². The number of likely N-dealkylation sites (N-methyl/N-ethyl adjacent to an activating group) is 1. The Kier molecular flexibility index (Phi) is 14.5. The number of halogens is 9. The van der Waals surface area contributed by atoms with Crippen LogP contribution in [0.3, 0.4) is 0 Å². The lowest BCUT2D eigenvalue weighted by Crippen LogP contribution is -2.47. The van der Waals surface area contributed by atoms with Gasteiger partial charge in [0.1, 0.15) is 13.2 Å². The number of rotatable bonds is 13. The van der Waals surface area contributed by atoms with Crippen LogP contribution in [0.15, 0.2) is 12.7 Å². The summed E-state index contributed by atoms with van der Waals surface area (Å²) in [6.45, 7) is 11.6. The molecule has 0 heterocycles. The summed E-state index contributed by atoms with van der Waals surface area (Å²) in [6.07, 6.45) is 6.12. The standard InChI is InChI=1S/C14H28NO2.C4F9O6S3/c1-5-8-10-15(4,11-9-6-2)12-13-17-14(16)7-3;5-2(6,7)20(14,15)1(21(16,17)3(8,9)10)22(18,19)4(11,12)13/h7H,3,5-6,8-13H2,1-2,4H3;/q+1;-1. The topological polar surface area (TPSA) is 129 Å². The predicted molar refractivity (Wildman–Crippen MR) is 120 cm³/mol. The molecule has 0 unspecified atom stereocenters. The number of unbranched alkanes of at least 4 members (excludes halogenated alkanes) is 2. The molecule has 0 aromatic carbocycles. The molecule has 0 atom stereocenters. The van der Waals surface area contributed by atoms with Crippen LogP contribution in [0.5, 0.6) is 0 Å². The number of carbonyl (C=O) groups excluding carboxylic acids is 1. The van der Waals surface area contributed by atoms with Crippen LogP contribution in [-0.4, -0.2) is 85.5 Å². The molecular formula is C18H28F9NO8S3. The highest BCUT2D eigenvalue weighted by Gasteiger charge is 2.63. The second kappa shape index (κ2) is 14.3. The van der Waals surface area contributed by atoms with Crippen molar-refractivity contribution in [1.82, 2.24) is 0 Å². The van der Waals surface area contributed by atoms with Gasteiger partial charge in [-0.2, -0.15) is 39.5 Å². The molecule has 0 spiro atoms. The van der Waals surface area contributed by atoms with Crippen molar-refractivity contribution in [3.05, 3.63) is 16.6 Å². The number of alkyl halides is 9. The average Bonchev–Trinajstić information content (AvgIpc) is 2.73. The molecule has 0 fully saturated rings. The van der Waals surface area contributed by atoms with Crippen LogP contribution in [0, 0.1) is 3.91 Å². The zero-order chi connectivity index (χ0) is 31.7. The van der Waals surface area contributed by atoms with Crippen LogP contribution >= 0.6 is 0 Å². The quantitative estimate of drug-likeness (QED) is 0.0960. The van der Waals surface area contributed by atoms with Crippen LogP contribution < -0.4 is 0 Å². The largest absolute Gasteiger partial charge is 0.470 e. The highest BCUT2D eigenvalue weighted by molar-refractivity contribution is 8.29. The SMILES string of the molecule is C=CC(=O)OCC[N+](C)(CCCC)CCCC.O=S(=O)([C-](S(=O)(=O)C(F)(F)F)S(=O)(=O)C(F)(F)F)C(F)(F)F. The number of nitrogens with zero attached hydrogens (tertiary/aromatic N) is 1. The lowest BCUT2D eigenvalue weighted by atomic mass is 10.2. The van der Waals surface area contributed by atoms with Crippen molar-refractivity contribution in [2.75, 3.05) is 33.3 Å². The Morgan fingerprint density at radius 3 is 1.28 bits per heavy atom. The molecule has 0 aliphatic heterocycles. The average molecular weight is 654 g/mol. The summed E-state index contributed by atoms with van der Waals surface area (Å²) in [7, 11) is -21.8. The molecule has 0 bridgehead atoms. The highest BCUT2D eigenvalue weighted by atomic mass is 32.3. The first kappa shape index (κ1) is 39.5. The first-order valence-corrected chi connectivity index (χ1v) is 15.1. The summed E-state index contributed by atoms with van der Waals surface area (Å²) >= 11 is 0. The highest BCUT2D eigenvalue weighted by Crippen LogP contribution is 2.47. The van der Waals surface area contributed by atoms with Crippen molar-refractivity contribution in [2.45, 2.75) is 56.1 Å². The number of carbonyl (C=O) groups is 1. The smallest absolute Gasteiger partial charge is 0.457 e. The maximum atomic E-state index is 12.0. The molecule has 0 radical (unpaired) electrons. The molecular weight excluding hydrogens is 625 g/mol. The third kappa shape index (κ3) is 11.1. The minimum absolute atomic E-state index is 0.317. The zero-order valence-corrected chi connectivity index (χ0v) is 23.2. The Hall–Kier alpha value is -1.61. The molecule has 0 aliphatic carbocycles. The van der Waals surface area contributed by atoms with E-state index in [4.69, 9.17) is 4.74 Å². The fourth-order valence-corrected chi connectivity index (χ4v) is 8.29. The summed E-state index contributed by atoms with van der Waals surface area (Å²) < 4.78 is 173. The number of hydrogen-bond donors (Lipinski definition) is 0. The van der Waals surface area contributed by atoms with Crippen LogP contribution in [0.25, 0.3) is 0 Å². The molecule has 39 heavy (non-hydrogen) atoms. The van der Waals surface area contributed by atoms with E-state index in [1.807, 2.05) is 0 Å². The minimum atomic E-state index is -8.02. The van der Waals surface area contributed by atoms with Gasteiger partial charge in [-0.25, -0.2) is 4.79 Å². The summed E-state index contributed by atoms with van der Waals surface area (Å²) in [5.74, 6) is -0.317. The summed E-state index contributed by atoms with van der Waals surface area (Å²) in [4.78, 5) is 11.0. The second-order valence-corrected chi connectivity index (χ2v) is 14.4. The molecule has 0 N–H and O–H groups in total. The predicted octanol–water partition coefficient (Wildman–Crippen LogP) is 4.00. The van der Waals surface area contributed by atoms with E-state index in [1.165, 1.54) is 44.8 Å². The lowest BCUT2D eigenvalue weighted by molar-refractivity contribution is -0.910. The van der Waals surface area contributed by atoms with E-state index < -0.39 is 50.0 Å². The van der Waals surface area contributed by atoms with Gasteiger partial charge < -0.3 is 9.22 Å². The van der Waals surface area contributed by atoms with E-state index in [0.29, 0.717) is 6.61 Å².